The summed E-state index contributed by atoms with van der Waals surface area (Å²) in [5, 5.41) is 10.5. The van der Waals surface area contributed by atoms with Gasteiger partial charge in [0.05, 0.1) is 5.39 Å². The molecule has 0 atom stereocenters. The minimum Gasteiger partial charge on any atom is -0.396 e. The third-order valence-electron chi connectivity index (χ3n) is 3.94. The fourth-order valence-electron chi connectivity index (χ4n) is 2.79. The number of unbranched alkanes of at least 4 members (excludes halogenated alkanes) is 2. The maximum absolute atomic E-state index is 12.6. The van der Waals surface area contributed by atoms with E-state index in [2.05, 4.69) is 0 Å². The molecule has 0 fully saturated rings. The summed E-state index contributed by atoms with van der Waals surface area (Å²) in [7, 11) is 1.82. The van der Waals surface area contributed by atoms with Gasteiger partial charge >= 0.3 is 0 Å². The lowest BCUT2D eigenvalue weighted by molar-refractivity contribution is 0.284. The lowest BCUT2D eigenvalue weighted by Crippen LogP contribution is -2.20. The van der Waals surface area contributed by atoms with Crippen LogP contribution in [0.15, 0.2) is 9.95 Å². The largest absolute Gasteiger partial charge is 0.396 e. The highest BCUT2D eigenvalue weighted by molar-refractivity contribution is 7.99. The van der Waals surface area contributed by atoms with Crippen molar-refractivity contribution in [2.24, 2.45) is 7.05 Å². The Balaban J connectivity index is 1.84. The number of aryl methyl sites for hydroxylation is 2. The Morgan fingerprint density at radius 1 is 1.33 bits per heavy atom. The second-order valence-electron chi connectivity index (χ2n) is 5.43. The Labute approximate surface area is 132 Å². The van der Waals surface area contributed by atoms with E-state index in [0.29, 0.717) is 0 Å². The second-order valence-corrected chi connectivity index (χ2v) is 7.57. The van der Waals surface area contributed by atoms with Gasteiger partial charge < -0.3 is 5.11 Å². The number of fused-ring (bicyclic) bond motifs is 3. The van der Waals surface area contributed by atoms with Crippen molar-refractivity contribution >= 4 is 33.3 Å². The predicted octanol–water partition coefficient (Wildman–Crippen LogP) is 2.74. The van der Waals surface area contributed by atoms with Gasteiger partial charge in [-0.3, -0.25) is 9.36 Å². The van der Waals surface area contributed by atoms with Gasteiger partial charge in [-0.15, -0.1) is 11.3 Å². The number of hydrogen-bond donors (Lipinski definition) is 1. The summed E-state index contributed by atoms with van der Waals surface area (Å²) in [6.45, 7) is 0.258. The second kappa shape index (κ2) is 6.50. The Morgan fingerprint density at radius 3 is 3.00 bits per heavy atom. The van der Waals surface area contributed by atoms with Crippen LogP contribution in [0.4, 0.5) is 0 Å². The first-order chi connectivity index (χ1) is 10.2. The van der Waals surface area contributed by atoms with Crippen molar-refractivity contribution in [3.05, 3.63) is 20.8 Å². The first kappa shape index (κ1) is 15.1. The lowest BCUT2D eigenvalue weighted by atomic mass is 10.2. The van der Waals surface area contributed by atoms with Crippen molar-refractivity contribution in [1.82, 2.24) is 9.55 Å². The number of aliphatic hydroxyl groups excluding tert-OH is 1. The van der Waals surface area contributed by atoms with Crippen LogP contribution >= 0.6 is 23.1 Å². The normalized spacial score (nSPS) is 14.0. The van der Waals surface area contributed by atoms with E-state index in [1.54, 1.807) is 27.7 Å². The highest BCUT2D eigenvalue weighted by Gasteiger charge is 2.22. The van der Waals surface area contributed by atoms with Crippen molar-refractivity contribution in [3.8, 4) is 0 Å². The van der Waals surface area contributed by atoms with Gasteiger partial charge in [-0.2, -0.15) is 0 Å². The molecule has 21 heavy (non-hydrogen) atoms. The fourth-order valence-corrected chi connectivity index (χ4v) is 5.06. The minimum atomic E-state index is 0.109. The van der Waals surface area contributed by atoms with Crippen LogP contribution in [0.1, 0.15) is 36.1 Å². The molecule has 3 rings (SSSR count). The van der Waals surface area contributed by atoms with Gasteiger partial charge in [-0.1, -0.05) is 18.2 Å². The molecule has 0 bridgehead atoms. The summed E-state index contributed by atoms with van der Waals surface area (Å²) in [5.41, 5.74) is 1.36. The van der Waals surface area contributed by atoms with Crippen molar-refractivity contribution in [2.75, 3.05) is 12.4 Å². The van der Waals surface area contributed by atoms with Gasteiger partial charge in [-0.05, 0) is 37.7 Å². The van der Waals surface area contributed by atoms with E-state index >= 15 is 0 Å². The Bertz CT molecular complexity index is 706. The number of aliphatic hydroxyl groups is 1. The SMILES string of the molecule is Cn1c(SCCCCCO)nc2sc3c(c2c1=O)CCC3. The van der Waals surface area contributed by atoms with E-state index in [4.69, 9.17) is 10.1 Å². The summed E-state index contributed by atoms with van der Waals surface area (Å²) < 4.78 is 1.70. The van der Waals surface area contributed by atoms with Gasteiger partial charge in [0.25, 0.3) is 5.56 Å². The monoisotopic (exact) mass is 324 g/mol. The molecule has 0 spiro atoms. The highest BCUT2D eigenvalue weighted by atomic mass is 32.2. The average molecular weight is 324 g/mol. The zero-order chi connectivity index (χ0) is 14.8. The van der Waals surface area contributed by atoms with E-state index in [-0.39, 0.29) is 12.2 Å². The van der Waals surface area contributed by atoms with E-state index in [1.807, 2.05) is 7.05 Å². The molecule has 1 aliphatic rings. The summed E-state index contributed by atoms with van der Waals surface area (Å²) in [5.74, 6) is 0.941. The molecule has 0 aliphatic heterocycles. The van der Waals surface area contributed by atoms with Crippen LogP contribution in [0.2, 0.25) is 0 Å². The maximum atomic E-state index is 12.6. The zero-order valence-corrected chi connectivity index (χ0v) is 13.9. The molecule has 0 saturated carbocycles. The molecule has 2 heterocycles. The molecule has 0 aromatic carbocycles. The van der Waals surface area contributed by atoms with Gasteiger partial charge in [-0.25, -0.2) is 4.98 Å². The molecule has 0 radical (unpaired) electrons. The van der Waals surface area contributed by atoms with Crippen LogP contribution in [-0.4, -0.2) is 27.0 Å². The van der Waals surface area contributed by atoms with Crippen molar-refractivity contribution in [2.45, 2.75) is 43.7 Å². The first-order valence-corrected chi connectivity index (χ1v) is 9.27. The summed E-state index contributed by atoms with van der Waals surface area (Å²) in [6, 6.07) is 0. The molecule has 6 heteroatoms. The maximum Gasteiger partial charge on any atom is 0.262 e. The minimum absolute atomic E-state index is 0.109. The van der Waals surface area contributed by atoms with Gasteiger partial charge in [0.2, 0.25) is 0 Å². The molecule has 0 saturated heterocycles. The zero-order valence-electron chi connectivity index (χ0n) is 12.2. The first-order valence-electron chi connectivity index (χ1n) is 7.47. The predicted molar refractivity (Wildman–Crippen MR) is 88.5 cm³/mol. The Hall–Kier alpha value is -0.850. The Kier molecular flexibility index (Phi) is 4.66. The van der Waals surface area contributed by atoms with Crippen molar-refractivity contribution in [3.63, 3.8) is 0 Å². The molecule has 0 unspecified atom stereocenters. The van der Waals surface area contributed by atoms with E-state index < -0.39 is 0 Å². The van der Waals surface area contributed by atoms with Crippen LogP contribution in [0.25, 0.3) is 10.2 Å². The van der Waals surface area contributed by atoms with Crippen LogP contribution in [0.3, 0.4) is 0 Å². The van der Waals surface area contributed by atoms with Gasteiger partial charge in [0.1, 0.15) is 4.83 Å². The van der Waals surface area contributed by atoms with Crippen LogP contribution in [0, 0.1) is 0 Å². The quantitative estimate of drug-likeness (QED) is 0.504. The van der Waals surface area contributed by atoms with E-state index in [9.17, 15) is 4.79 Å². The summed E-state index contributed by atoms with van der Waals surface area (Å²) in [4.78, 5) is 19.6. The molecule has 1 aliphatic carbocycles. The molecular formula is C15H20N2O2S2. The molecule has 1 N–H and O–H groups in total. The Morgan fingerprint density at radius 2 is 2.19 bits per heavy atom. The van der Waals surface area contributed by atoms with E-state index in [0.717, 1.165) is 53.2 Å². The fraction of sp³-hybridized carbons (Fsp3) is 0.600. The number of rotatable bonds is 6. The van der Waals surface area contributed by atoms with Crippen LogP contribution < -0.4 is 5.56 Å². The number of thioether (sulfide) groups is 1. The molecule has 2 aromatic rings. The molecular weight excluding hydrogens is 304 g/mol. The topological polar surface area (TPSA) is 55.1 Å². The third kappa shape index (κ3) is 2.89. The number of aromatic nitrogens is 2. The van der Waals surface area contributed by atoms with Crippen LogP contribution in [0.5, 0.6) is 0 Å². The summed E-state index contributed by atoms with van der Waals surface area (Å²) in [6.07, 6.45) is 6.21. The molecule has 114 valence electrons. The average Bonchev–Trinajstić information content (AvgIpc) is 3.04. The third-order valence-corrected chi connectivity index (χ3v) is 6.24. The van der Waals surface area contributed by atoms with E-state index in [1.165, 1.54) is 16.9 Å². The smallest absolute Gasteiger partial charge is 0.262 e. The molecule has 0 amide bonds. The van der Waals surface area contributed by atoms with Crippen molar-refractivity contribution < 1.29 is 5.11 Å². The summed E-state index contributed by atoms with van der Waals surface area (Å²) >= 11 is 3.34. The van der Waals surface area contributed by atoms with Gasteiger partial charge in [0, 0.05) is 24.3 Å². The van der Waals surface area contributed by atoms with Crippen molar-refractivity contribution in [1.29, 1.82) is 0 Å². The lowest BCUT2D eigenvalue weighted by Gasteiger charge is -2.07. The highest BCUT2D eigenvalue weighted by Crippen LogP contribution is 2.35. The molecule has 4 nitrogen and oxygen atoms in total. The van der Waals surface area contributed by atoms with Gasteiger partial charge in [0.15, 0.2) is 5.16 Å². The number of hydrogen-bond acceptors (Lipinski definition) is 5. The molecule has 2 aromatic heterocycles. The number of nitrogens with zero attached hydrogens (tertiary/aromatic N) is 2. The standard InChI is InChI=1S/C15H20N2O2S2/c1-17-14(19)12-10-6-5-7-11(10)21-13(12)16-15(17)20-9-4-2-3-8-18/h18H,2-9H2,1H3. The number of thiophene rings is 1. The van der Waals surface area contributed by atoms with Crippen LogP contribution in [-0.2, 0) is 19.9 Å².